The van der Waals surface area contributed by atoms with Gasteiger partial charge < -0.3 is 4.90 Å². The molecule has 0 radical (unpaired) electrons. The minimum Gasteiger partial charge on any atom is -0.352 e. The van der Waals surface area contributed by atoms with E-state index in [0.29, 0.717) is 36.4 Å². The average Bonchev–Trinajstić information content (AvgIpc) is 2.79. The van der Waals surface area contributed by atoms with Gasteiger partial charge in [-0.3, -0.25) is 4.98 Å². The van der Waals surface area contributed by atoms with Crippen molar-refractivity contribution in [3.63, 3.8) is 0 Å². The molecular formula is C20H17ClF3N5O2S. The molecule has 0 atom stereocenters. The molecule has 1 saturated heterocycles. The number of alkyl halides is 3. The molecule has 12 heteroatoms. The summed E-state index contributed by atoms with van der Waals surface area (Å²) in [6, 6.07) is 11.3. The van der Waals surface area contributed by atoms with Crippen LogP contribution in [0.4, 0.5) is 19.0 Å². The van der Waals surface area contributed by atoms with Crippen LogP contribution in [-0.2, 0) is 16.2 Å². The van der Waals surface area contributed by atoms with Gasteiger partial charge in [-0.1, -0.05) is 17.7 Å². The zero-order chi connectivity index (χ0) is 22.9. The van der Waals surface area contributed by atoms with Crippen LogP contribution >= 0.6 is 11.6 Å². The highest BCUT2D eigenvalue weighted by Gasteiger charge is 2.35. The summed E-state index contributed by atoms with van der Waals surface area (Å²) < 4.78 is 66.1. The van der Waals surface area contributed by atoms with Gasteiger partial charge in [-0.15, -0.1) is 10.2 Å². The predicted octanol–water partition coefficient (Wildman–Crippen LogP) is 3.72. The molecule has 0 saturated carbocycles. The van der Waals surface area contributed by atoms with Crippen LogP contribution in [0.15, 0.2) is 59.6 Å². The Balaban J connectivity index is 1.48. The molecule has 0 spiro atoms. The van der Waals surface area contributed by atoms with Crippen molar-refractivity contribution >= 4 is 27.4 Å². The first-order chi connectivity index (χ1) is 15.2. The second kappa shape index (κ2) is 8.64. The van der Waals surface area contributed by atoms with Crippen LogP contribution < -0.4 is 4.90 Å². The first kappa shape index (κ1) is 22.4. The lowest BCUT2D eigenvalue weighted by Crippen LogP contribution is -2.49. The van der Waals surface area contributed by atoms with Crippen molar-refractivity contribution in [2.24, 2.45) is 0 Å². The smallest absolute Gasteiger partial charge is 0.352 e. The van der Waals surface area contributed by atoms with Gasteiger partial charge in [0.25, 0.3) is 0 Å². The lowest BCUT2D eigenvalue weighted by Gasteiger charge is -2.34. The lowest BCUT2D eigenvalue weighted by atomic mass is 10.2. The Bertz CT molecular complexity index is 1200. The van der Waals surface area contributed by atoms with Crippen molar-refractivity contribution < 1.29 is 21.6 Å². The highest BCUT2D eigenvalue weighted by molar-refractivity contribution is 7.89. The molecule has 32 heavy (non-hydrogen) atoms. The Labute approximate surface area is 187 Å². The predicted molar refractivity (Wildman–Crippen MR) is 113 cm³/mol. The number of anilines is 1. The van der Waals surface area contributed by atoms with Crippen molar-refractivity contribution in [1.29, 1.82) is 0 Å². The van der Waals surface area contributed by atoms with E-state index in [1.54, 1.807) is 24.4 Å². The molecule has 7 nitrogen and oxygen atoms in total. The fourth-order valence-corrected chi connectivity index (χ4v) is 5.24. The normalized spacial score (nSPS) is 15.7. The number of hydrogen-bond acceptors (Lipinski definition) is 6. The Kier molecular flexibility index (Phi) is 6.06. The Hall–Kier alpha value is -2.76. The molecule has 168 valence electrons. The van der Waals surface area contributed by atoms with Gasteiger partial charge >= 0.3 is 6.18 Å². The van der Waals surface area contributed by atoms with Crippen LogP contribution in [0.5, 0.6) is 0 Å². The average molecular weight is 484 g/mol. The van der Waals surface area contributed by atoms with E-state index in [0.717, 1.165) is 16.4 Å². The number of sulfonamides is 1. The molecule has 0 aliphatic carbocycles. The van der Waals surface area contributed by atoms with Gasteiger partial charge in [0.05, 0.1) is 16.3 Å². The summed E-state index contributed by atoms with van der Waals surface area (Å²) in [7, 11) is -4.19. The van der Waals surface area contributed by atoms with E-state index in [1.807, 2.05) is 17.0 Å². The molecule has 1 aliphatic rings. The number of rotatable bonds is 4. The highest BCUT2D eigenvalue weighted by atomic mass is 35.5. The summed E-state index contributed by atoms with van der Waals surface area (Å²) in [4.78, 5) is 5.52. The molecular weight excluding hydrogens is 467 g/mol. The number of aromatic nitrogens is 3. The van der Waals surface area contributed by atoms with E-state index in [2.05, 4.69) is 15.2 Å². The summed E-state index contributed by atoms with van der Waals surface area (Å²) in [6.45, 7) is 0.734. The number of halogens is 4. The third-order valence-electron chi connectivity index (χ3n) is 5.02. The fraction of sp³-hybridized carbons (Fsp3) is 0.250. The number of benzene rings is 1. The fourth-order valence-electron chi connectivity index (χ4n) is 3.32. The van der Waals surface area contributed by atoms with Gasteiger partial charge in [-0.05, 0) is 42.5 Å². The summed E-state index contributed by atoms with van der Waals surface area (Å²) >= 11 is 5.93. The zero-order valence-corrected chi connectivity index (χ0v) is 18.1. The first-order valence-corrected chi connectivity index (χ1v) is 11.3. The van der Waals surface area contributed by atoms with Crippen molar-refractivity contribution in [3.8, 4) is 11.4 Å². The molecule has 0 N–H and O–H groups in total. The van der Waals surface area contributed by atoms with Crippen LogP contribution in [0, 0.1) is 0 Å². The maximum absolute atomic E-state index is 13.0. The van der Waals surface area contributed by atoms with E-state index < -0.39 is 26.7 Å². The molecule has 0 amide bonds. The van der Waals surface area contributed by atoms with Crippen molar-refractivity contribution in [1.82, 2.24) is 19.5 Å². The number of hydrogen-bond donors (Lipinski definition) is 0. The van der Waals surface area contributed by atoms with Gasteiger partial charge in [-0.25, -0.2) is 8.42 Å². The van der Waals surface area contributed by atoms with Gasteiger partial charge in [0.2, 0.25) is 10.0 Å². The van der Waals surface area contributed by atoms with Crippen molar-refractivity contribution in [2.45, 2.75) is 11.1 Å². The van der Waals surface area contributed by atoms with E-state index in [-0.39, 0.29) is 18.1 Å². The zero-order valence-electron chi connectivity index (χ0n) is 16.5. The maximum Gasteiger partial charge on any atom is 0.416 e. The number of piperazine rings is 1. The van der Waals surface area contributed by atoms with Crippen molar-refractivity contribution in [3.05, 3.63) is 65.3 Å². The summed E-state index contributed by atoms with van der Waals surface area (Å²) in [6.07, 6.45) is -3.02. The number of pyridine rings is 1. The first-order valence-electron chi connectivity index (χ1n) is 9.53. The molecule has 4 rings (SSSR count). The maximum atomic E-state index is 13.0. The third kappa shape index (κ3) is 4.54. The Morgan fingerprint density at radius 1 is 0.906 bits per heavy atom. The minimum absolute atomic E-state index is 0.0680. The summed E-state index contributed by atoms with van der Waals surface area (Å²) in [5, 5.41) is 8.12. The molecule has 2 aromatic heterocycles. The minimum atomic E-state index is -4.67. The van der Waals surface area contributed by atoms with E-state index in [4.69, 9.17) is 11.6 Å². The molecule has 0 unspecified atom stereocenters. The van der Waals surface area contributed by atoms with Crippen LogP contribution in [0.25, 0.3) is 11.4 Å². The molecule has 1 aromatic carbocycles. The molecule has 1 fully saturated rings. The third-order valence-corrected chi connectivity index (χ3v) is 7.40. The van der Waals surface area contributed by atoms with Crippen LogP contribution in [0.2, 0.25) is 5.02 Å². The monoisotopic (exact) mass is 483 g/mol. The Morgan fingerprint density at radius 2 is 1.66 bits per heavy atom. The topological polar surface area (TPSA) is 79.3 Å². The quantitative estimate of drug-likeness (QED) is 0.562. The number of nitrogens with zero attached hydrogens (tertiary/aromatic N) is 5. The lowest BCUT2D eigenvalue weighted by molar-refractivity contribution is -0.137. The van der Waals surface area contributed by atoms with Crippen LogP contribution in [0.3, 0.4) is 0 Å². The van der Waals surface area contributed by atoms with Gasteiger partial charge in [0, 0.05) is 32.4 Å². The summed E-state index contributed by atoms with van der Waals surface area (Å²) in [5.41, 5.74) is 0.220. The molecule has 0 bridgehead atoms. The highest BCUT2D eigenvalue weighted by Crippen LogP contribution is 2.34. The van der Waals surface area contributed by atoms with Crippen molar-refractivity contribution in [2.75, 3.05) is 31.1 Å². The Morgan fingerprint density at radius 3 is 2.25 bits per heavy atom. The van der Waals surface area contributed by atoms with Gasteiger partial charge in [0.15, 0.2) is 5.82 Å². The van der Waals surface area contributed by atoms with E-state index in [1.165, 1.54) is 0 Å². The van der Waals surface area contributed by atoms with Crippen LogP contribution in [0.1, 0.15) is 5.56 Å². The summed E-state index contributed by atoms with van der Waals surface area (Å²) in [5.74, 6) is 0.568. The van der Waals surface area contributed by atoms with E-state index in [9.17, 15) is 21.6 Å². The SMILES string of the molecule is O=S(=O)(c1cc(C(F)(F)F)ccc1Cl)N1CCN(c2ccc(-c3ccccn3)nn2)CC1. The molecule has 1 aliphatic heterocycles. The van der Waals surface area contributed by atoms with Crippen LogP contribution in [-0.4, -0.2) is 54.1 Å². The molecule has 3 aromatic rings. The molecule has 3 heterocycles. The van der Waals surface area contributed by atoms with Gasteiger partial charge in [0.1, 0.15) is 10.6 Å². The van der Waals surface area contributed by atoms with E-state index >= 15 is 0 Å². The second-order valence-corrected chi connectivity index (χ2v) is 9.34. The van der Waals surface area contributed by atoms with Gasteiger partial charge in [-0.2, -0.15) is 17.5 Å². The largest absolute Gasteiger partial charge is 0.416 e. The second-order valence-electron chi connectivity index (χ2n) is 7.03. The standard InChI is InChI=1S/C20H17ClF3N5O2S/c21-15-5-4-14(20(22,23)24)13-18(15)32(30,31)29-11-9-28(10-12-29)19-7-6-17(26-27-19)16-3-1-2-8-25-16/h1-8,13H,9-12H2.